The summed E-state index contributed by atoms with van der Waals surface area (Å²) in [7, 11) is 0. The van der Waals surface area contributed by atoms with Crippen LogP contribution >= 0.6 is 0 Å². The van der Waals surface area contributed by atoms with E-state index in [1.54, 1.807) is 0 Å². The van der Waals surface area contributed by atoms with Crippen molar-refractivity contribution in [1.82, 2.24) is 5.32 Å². The lowest BCUT2D eigenvalue weighted by molar-refractivity contribution is -0.121. The number of carbonyl (C=O) groups is 1. The van der Waals surface area contributed by atoms with E-state index in [4.69, 9.17) is 4.42 Å². The van der Waals surface area contributed by atoms with Gasteiger partial charge in [0.25, 0.3) is 0 Å². The maximum atomic E-state index is 12.0. The summed E-state index contributed by atoms with van der Waals surface area (Å²) < 4.78 is 5.81. The first kappa shape index (κ1) is 13.2. The smallest absolute Gasteiger partial charge is 0.242 e. The molecule has 0 saturated heterocycles. The van der Waals surface area contributed by atoms with E-state index in [-0.39, 0.29) is 11.9 Å². The molecule has 4 heteroatoms. The van der Waals surface area contributed by atoms with Gasteiger partial charge in [0.1, 0.15) is 17.2 Å². The van der Waals surface area contributed by atoms with Crippen molar-refractivity contribution in [3.05, 3.63) is 42.5 Å². The number of para-hydroxylation sites is 1. The lowest BCUT2D eigenvalue weighted by Gasteiger charge is -2.15. The third-order valence-corrected chi connectivity index (χ3v) is 4.08. The first-order chi connectivity index (χ1) is 10.7. The van der Waals surface area contributed by atoms with Gasteiger partial charge in [-0.2, -0.15) is 0 Å². The second kappa shape index (κ2) is 5.05. The molecule has 4 nitrogen and oxygen atoms in total. The quantitative estimate of drug-likeness (QED) is 0.772. The van der Waals surface area contributed by atoms with Crippen LogP contribution in [0.25, 0.3) is 21.9 Å². The molecule has 1 unspecified atom stereocenters. The van der Waals surface area contributed by atoms with E-state index in [1.807, 2.05) is 49.4 Å². The Kier molecular flexibility index (Phi) is 3.03. The number of hydrogen-bond acceptors (Lipinski definition) is 3. The number of fused-ring (bicyclic) bond motifs is 3. The largest absolute Gasteiger partial charge is 0.456 e. The molecule has 2 N–H and O–H groups in total. The van der Waals surface area contributed by atoms with Gasteiger partial charge < -0.3 is 15.1 Å². The fraction of sp³-hybridized carbons (Fsp3) is 0.278. The lowest BCUT2D eigenvalue weighted by atomic mass is 10.1. The van der Waals surface area contributed by atoms with Crippen LogP contribution in [0.5, 0.6) is 0 Å². The van der Waals surface area contributed by atoms with E-state index in [1.165, 1.54) is 0 Å². The van der Waals surface area contributed by atoms with Crippen molar-refractivity contribution in [1.29, 1.82) is 0 Å². The third kappa shape index (κ3) is 2.41. The van der Waals surface area contributed by atoms with Gasteiger partial charge in [0, 0.05) is 22.5 Å². The summed E-state index contributed by atoms with van der Waals surface area (Å²) in [6.45, 7) is 1.88. The Bertz CT molecular complexity index is 849. The number of rotatable bonds is 4. The highest BCUT2D eigenvalue weighted by molar-refractivity contribution is 6.06. The van der Waals surface area contributed by atoms with Crippen molar-refractivity contribution < 1.29 is 9.21 Å². The van der Waals surface area contributed by atoms with Crippen molar-refractivity contribution in [3.8, 4) is 0 Å². The molecule has 2 aromatic carbocycles. The summed E-state index contributed by atoms with van der Waals surface area (Å²) in [5.41, 5.74) is 2.67. The molecule has 1 aliphatic rings. The molecule has 112 valence electrons. The second-order valence-electron chi connectivity index (χ2n) is 5.96. The van der Waals surface area contributed by atoms with Crippen LogP contribution in [0.15, 0.2) is 46.9 Å². The SMILES string of the molecule is CC(Nc1ccc2oc3ccccc3c2c1)C(=O)NC1CC1. The van der Waals surface area contributed by atoms with E-state index in [0.29, 0.717) is 6.04 Å². The van der Waals surface area contributed by atoms with E-state index in [2.05, 4.69) is 10.6 Å². The average molecular weight is 294 g/mol. The molecule has 3 aromatic rings. The number of amides is 1. The van der Waals surface area contributed by atoms with E-state index in [9.17, 15) is 4.79 Å². The van der Waals surface area contributed by atoms with E-state index < -0.39 is 0 Å². The predicted molar refractivity (Wildman–Crippen MR) is 88.0 cm³/mol. The number of nitrogens with one attached hydrogen (secondary N) is 2. The Labute approximate surface area is 128 Å². The van der Waals surface area contributed by atoms with Gasteiger partial charge >= 0.3 is 0 Å². The minimum absolute atomic E-state index is 0.0552. The van der Waals surface area contributed by atoms with Gasteiger partial charge in [-0.1, -0.05) is 18.2 Å². The summed E-state index contributed by atoms with van der Waals surface area (Å²) in [5, 5.41) is 8.44. The number of anilines is 1. The molecule has 0 radical (unpaired) electrons. The van der Waals surface area contributed by atoms with Crippen molar-refractivity contribution in [2.45, 2.75) is 31.8 Å². The topological polar surface area (TPSA) is 54.3 Å². The van der Waals surface area contributed by atoms with Crippen LogP contribution in [0.3, 0.4) is 0 Å². The average Bonchev–Trinajstić information content (AvgIpc) is 3.26. The molecule has 1 saturated carbocycles. The molecule has 0 aliphatic heterocycles. The van der Waals surface area contributed by atoms with Crippen LogP contribution in [0, 0.1) is 0 Å². The summed E-state index contributed by atoms with van der Waals surface area (Å²) in [6, 6.07) is 14.1. The van der Waals surface area contributed by atoms with Crippen molar-refractivity contribution in [3.63, 3.8) is 0 Å². The van der Waals surface area contributed by atoms with Crippen molar-refractivity contribution in [2.75, 3.05) is 5.32 Å². The lowest BCUT2D eigenvalue weighted by Crippen LogP contribution is -2.38. The molecule has 0 spiro atoms. The third-order valence-electron chi connectivity index (χ3n) is 4.08. The van der Waals surface area contributed by atoms with Crippen LogP contribution in [0.2, 0.25) is 0 Å². The molecule has 4 rings (SSSR count). The van der Waals surface area contributed by atoms with Crippen molar-refractivity contribution in [2.24, 2.45) is 0 Å². The standard InChI is InChI=1S/C18H18N2O2/c1-11(18(21)20-12-6-7-12)19-13-8-9-17-15(10-13)14-4-2-3-5-16(14)22-17/h2-5,8-12,19H,6-7H2,1H3,(H,20,21). The Morgan fingerprint density at radius 1 is 1.14 bits per heavy atom. The van der Waals surface area contributed by atoms with Crippen LogP contribution in [0.1, 0.15) is 19.8 Å². The van der Waals surface area contributed by atoms with Gasteiger partial charge in [-0.15, -0.1) is 0 Å². The van der Waals surface area contributed by atoms with Gasteiger partial charge in [0.05, 0.1) is 0 Å². The summed E-state index contributed by atoms with van der Waals surface area (Å²) in [5.74, 6) is 0.0552. The Hall–Kier alpha value is -2.49. The minimum atomic E-state index is -0.254. The molecular weight excluding hydrogens is 276 g/mol. The first-order valence-electron chi connectivity index (χ1n) is 7.69. The number of carbonyl (C=O) groups excluding carboxylic acids is 1. The maximum Gasteiger partial charge on any atom is 0.242 e. The molecule has 1 atom stereocenters. The monoisotopic (exact) mass is 294 g/mol. The second-order valence-corrected chi connectivity index (χ2v) is 5.96. The van der Waals surface area contributed by atoms with Crippen LogP contribution in [-0.2, 0) is 4.79 Å². The molecule has 1 aliphatic carbocycles. The van der Waals surface area contributed by atoms with Crippen LogP contribution < -0.4 is 10.6 Å². The zero-order valence-corrected chi connectivity index (χ0v) is 12.4. The Morgan fingerprint density at radius 2 is 1.91 bits per heavy atom. The fourth-order valence-electron chi connectivity index (χ4n) is 2.69. The summed E-state index contributed by atoms with van der Waals surface area (Å²) in [4.78, 5) is 12.0. The Morgan fingerprint density at radius 3 is 2.73 bits per heavy atom. The van der Waals surface area contributed by atoms with E-state index in [0.717, 1.165) is 40.5 Å². The fourth-order valence-corrected chi connectivity index (χ4v) is 2.69. The Balaban J connectivity index is 1.61. The molecule has 1 amide bonds. The summed E-state index contributed by atoms with van der Waals surface area (Å²) in [6.07, 6.45) is 2.21. The predicted octanol–water partition coefficient (Wildman–Crippen LogP) is 3.67. The van der Waals surface area contributed by atoms with Crippen molar-refractivity contribution >= 4 is 33.5 Å². The first-order valence-corrected chi connectivity index (χ1v) is 7.69. The van der Waals surface area contributed by atoms with Gasteiger partial charge in [-0.05, 0) is 44.0 Å². The maximum absolute atomic E-state index is 12.0. The van der Waals surface area contributed by atoms with Gasteiger partial charge in [0.2, 0.25) is 5.91 Å². The number of furan rings is 1. The number of hydrogen-bond donors (Lipinski definition) is 2. The molecule has 1 fully saturated rings. The number of benzene rings is 2. The zero-order chi connectivity index (χ0) is 15.1. The highest BCUT2D eigenvalue weighted by Crippen LogP contribution is 2.30. The normalized spacial score (nSPS) is 15.9. The molecular formula is C18H18N2O2. The molecule has 22 heavy (non-hydrogen) atoms. The van der Waals surface area contributed by atoms with Crippen LogP contribution in [-0.4, -0.2) is 18.0 Å². The highest BCUT2D eigenvalue weighted by atomic mass is 16.3. The van der Waals surface area contributed by atoms with Crippen LogP contribution in [0.4, 0.5) is 5.69 Å². The molecule has 0 bridgehead atoms. The molecule has 1 aromatic heterocycles. The van der Waals surface area contributed by atoms with Gasteiger partial charge in [-0.25, -0.2) is 0 Å². The molecule has 1 heterocycles. The van der Waals surface area contributed by atoms with Gasteiger partial charge in [0.15, 0.2) is 0 Å². The van der Waals surface area contributed by atoms with Gasteiger partial charge in [-0.3, -0.25) is 4.79 Å². The summed E-state index contributed by atoms with van der Waals surface area (Å²) >= 11 is 0. The highest BCUT2D eigenvalue weighted by Gasteiger charge is 2.25. The van der Waals surface area contributed by atoms with E-state index >= 15 is 0 Å². The zero-order valence-electron chi connectivity index (χ0n) is 12.4. The minimum Gasteiger partial charge on any atom is -0.456 e.